The zero-order valence-electron chi connectivity index (χ0n) is 8.81. The van der Waals surface area contributed by atoms with Crippen LogP contribution >= 0.6 is 0 Å². The number of nitrogens with zero attached hydrogens (tertiary/aromatic N) is 1. The van der Waals surface area contributed by atoms with E-state index in [9.17, 15) is 0 Å². The molecule has 1 heterocycles. The predicted molar refractivity (Wildman–Crippen MR) is 54.3 cm³/mol. The summed E-state index contributed by atoms with van der Waals surface area (Å²) in [6, 6.07) is 2.10. The van der Waals surface area contributed by atoms with Crippen LogP contribution in [0.15, 0.2) is 12.3 Å². The van der Waals surface area contributed by atoms with Crippen LogP contribution in [0.1, 0.15) is 25.1 Å². The van der Waals surface area contributed by atoms with Crippen molar-refractivity contribution in [3.8, 4) is 0 Å². The van der Waals surface area contributed by atoms with E-state index in [1.807, 2.05) is 20.0 Å². The summed E-state index contributed by atoms with van der Waals surface area (Å²) in [4.78, 5) is 5.35. The average Bonchev–Trinajstić information content (AvgIpc) is 2.40. The van der Waals surface area contributed by atoms with Crippen molar-refractivity contribution in [1.29, 1.82) is 0 Å². The summed E-state index contributed by atoms with van der Waals surface area (Å²) < 4.78 is 0. The molecule has 0 aliphatic carbocycles. The maximum absolute atomic E-state index is 3.20. The third-order valence-corrected chi connectivity index (χ3v) is 1.54. The lowest BCUT2D eigenvalue weighted by molar-refractivity contribution is 0.397. The maximum atomic E-state index is 3.20. The lowest BCUT2D eigenvalue weighted by Gasteiger charge is -2.07. The van der Waals surface area contributed by atoms with Crippen LogP contribution in [-0.4, -0.2) is 24.0 Å². The zero-order chi connectivity index (χ0) is 9.56. The summed E-state index contributed by atoms with van der Waals surface area (Å²) in [5.74, 6) is 0. The van der Waals surface area contributed by atoms with Gasteiger partial charge >= 0.3 is 0 Å². The number of aromatic amines is 1. The Balaban J connectivity index is 0.000000561. The zero-order valence-corrected chi connectivity index (χ0v) is 8.81. The Kier molecular flexibility index (Phi) is 5.47. The molecule has 0 aliphatic heterocycles. The molecule has 0 atom stereocenters. The minimum absolute atomic E-state index is 0.999. The SMILES string of the molecule is CC.Cc1cc[nH]c1CN(C)C. The molecule has 0 saturated heterocycles. The minimum atomic E-state index is 0.999. The molecule has 1 aromatic rings. The van der Waals surface area contributed by atoms with Crippen LogP contribution in [0.2, 0.25) is 0 Å². The second-order valence-electron chi connectivity index (χ2n) is 2.88. The van der Waals surface area contributed by atoms with Crippen LogP contribution in [0.4, 0.5) is 0 Å². The summed E-state index contributed by atoms with van der Waals surface area (Å²) in [6.07, 6.45) is 1.98. The molecule has 2 heteroatoms. The molecule has 0 fully saturated rings. The minimum Gasteiger partial charge on any atom is -0.364 e. The Bertz CT molecular complexity index is 201. The molecule has 0 aliphatic rings. The Morgan fingerprint density at radius 1 is 1.33 bits per heavy atom. The highest BCUT2D eigenvalue weighted by Crippen LogP contribution is 2.05. The van der Waals surface area contributed by atoms with Crippen LogP contribution in [0, 0.1) is 6.92 Å². The quantitative estimate of drug-likeness (QED) is 0.718. The number of H-pyrrole nitrogens is 1. The van der Waals surface area contributed by atoms with Crippen molar-refractivity contribution in [3.05, 3.63) is 23.5 Å². The number of hydrogen-bond donors (Lipinski definition) is 1. The van der Waals surface area contributed by atoms with Gasteiger partial charge in [0, 0.05) is 18.4 Å². The Morgan fingerprint density at radius 3 is 2.25 bits per heavy atom. The molecule has 0 amide bonds. The van der Waals surface area contributed by atoms with Crippen LogP contribution in [-0.2, 0) is 6.54 Å². The van der Waals surface area contributed by atoms with Gasteiger partial charge in [-0.3, -0.25) is 0 Å². The first-order valence-corrected chi connectivity index (χ1v) is 4.47. The van der Waals surface area contributed by atoms with Crippen molar-refractivity contribution in [3.63, 3.8) is 0 Å². The van der Waals surface area contributed by atoms with Crippen molar-refractivity contribution in [2.24, 2.45) is 0 Å². The van der Waals surface area contributed by atoms with Gasteiger partial charge in [0.1, 0.15) is 0 Å². The van der Waals surface area contributed by atoms with Crippen molar-refractivity contribution in [1.82, 2.24) is 9.88 Å². The largest absolute Gasteiger partial charge is 0.364 e. The van der Waals surface area contributed by atoms with E-state index in [0.717, 1.165) is 6.54 Å². The van der Waals surface area contributed by atoms with Gasteiger partial charge in [0.2, 0.25) is 0 Å². The molecule has 1 aromatic heterocycles. The van der Waals surface area contributed by atoms with E-state index in [0.29, 0.717) is 0 Å². The summed E-state index contributed by atoms with van der Waals surface area (Å²) in [5, 5.41) is 0. The van der Waals surface area contributed by atoms with E-state index in [1.165, 1.54) is 11.3 Å². The van der Waals surface area contributed by atoms with Crippen LogP contribution in [0.25, 0.3) is 0 Å². The third-order valence-electron chi connectivity index (χ3n) is 1.54. The molecule has 1 N–H and O–H groups in total. The van der Waals surface area contributed by atoms with E-state index in [4.69, 9.17) is 0 Å². The molecular formula is C10H20N2. The molecule has 0 unspecified atom stereocenters. The molecule has 1 rings (SSSR count). The molecule has 0 radical (unpaired) electrons. The molecule has 0 saturated carbocycles. The molecule has 0 aromatic carbocycles. The van der Waals surface area contributed by atoms with Crippen LogP contribution in [0.5, 0.6) is 0 Å². The Labute approximate surface area is 75.6 Å². The van der Waals surface area contributed by atoms with Gasteiger partial charge in [-0.1, -0.05) is 13.8 Å². The van der Waals surface area contributed by atoms with Crippen LogP contribution in [0.3, 0.4) is 0 Å². The van der Waals surface area contributed by atoms with Gasteiger partial charge < -0.3 is 9.88 Å². The van der Waals surface area contributed by atoms with Gasteiger partial charge in [-0.25, -0.2) is 0 Å². The van der Waals surface area contributed by atoms with Gasteiger partial charge in [0.05, 0.1) is 0 Å². The van der Waals surface area contributed by atoms with Crippen molar-refractivity contribution < 1.29 is 0 Å². The highest BCUT2D eigenvalue weighted by atomic mass is 15.1. The van der Waals surface area contributed by atoms with Gasteiger partial charge in [0.25, 0.3) is 0 Å². The van der Waals surface area contributed by atoms with Gasteiger partial charge in [-0.2, -0.15) is 0 Å². The van der Waals surface area contributed by atoms with E-state index in [-0.39, 0.29) is 0 Å². The number of aryl methyl sites for hydroxylation is 1. The second kappa shape index (κ2) is 5.84. The lowest BCUT2D eigenvalue weighted by Crippen LogP contribution is -2.11. The normalized spacial score (nSPS) is 9.50. The molecule has 2 nitrogen and oxygen atoms in total. The molecule has 0 bridgehead atoms. The maximum Gasteiger partial charge on any atom is 0.0381 e. The van der Waals surface area contributed by atoms with E-state index in [2.05, 4.69) is 37.0 Å². The fourth-order valence-corrected chi connectivity index (χ4v) is 0.968. The monoisotopic (exact) mass is 168 g/mol. The number of aromatic nitrogens is 1. The summed E-state index contributed by atoms with van der Waals surface area (Å²) in [6.45, 7) is 7.12. The first-order chi connectivity index (χ1) is 5.70. The van der Waals surface area contributed by atoms with Crippen molar-refractivity contribution in [2.45, 2.75) is 27.3 Å². The van der Waals surface area contributed by atoms with E-state index < -0.39 is 0 Å². The fourth-order valence-electron chi connectivity index (χ4n) is 0.968. The van der Waals surface area contributed by atoms with E-state index in [1.54, 1.807) is 0 Å². The van der Waals surface area contributed by atoms with E-state index >= 15 is 0 Å². The smallest absolute Gasteiger partial charge is 0.0381 e. The summed E-state index contributed by atoms with van der Waals surface area (Å²) in [5.41, 5.74) is 2.65. The Hall–Kier alpha value is -0.760. The highest BCUT2D eigenvalue weighted by molar-refractivity contribution is 5.17. The summed E-state index contributed by atoms with van der Waals surface area (Å²) >= 11 is 0. The van der Waals surface area contributed by atoms with Gasteiger partial charge in [-0.15, -0.1) is 0 Å². The molecule has 70 valence electrons. The molecular weight excluding hydrogens is 148 g/mol. The van der Waals surface area contributed by atoms with Gasteiger partial charge in [0.15, 0.2) is 0 Å². The van der Waals surface area contributed by atoms with Gasteiger partial charge in [-0.05, 0) is 32.6 Å². The predicted octanol–water partition coefficient (Wildman–Crippen LogP) is 2.41. The number of rotatable bonds is 2. The fraction of sp³-hybridized carbons (Fsp3) is 0.600. The Morgan fingerprint density at radius 2 is 1.92 bits per heavy atom. The average molecular weight is 168 g/mol. The third kappa shape index (κ3) is 3.58. The standard InChI is InChI=1S/C8H14N2.C2H6/c1-7-4-5-9-8(7)6-10(2)3;1-2/h4-5,9H,6H2,1-3H3;1-2H3. The summed E-state index contributed by atoms with van der Waals surface area (Å²) in [7, 11) is 4.14. The lowest BCUT2D eigenvalue weighted by atomic mass is 10.3. The second-order valence-corrected chi connectivity index (χ2v) is 2.88. The molecule has 12 heavy (non-hydrogen) atoms. The first kappa shape index (κ1) is 11.2. The topological polar surface area (TPSA) is 19.0 Å². The van der Waals surface area contributed by atoms with Crippen molar-refractivity contribution >= 4 is 0 Å². The molecule has 0 spiro atoms. The van der Waals surface area contributed by atoms with Crippen LogP contribution < -0.4 is 0 Å². The number of hydrogen-bond acceptors (Lipinski definition) is 1. The first-order valence-electron chi connectivity index (χ1n) is 4.47. The van der Waals surface area contributed by atoms with Crippen molar-refractivity contribution in [2.75, 3.05) is 14.1 Å². The number of nitrogens with one attached hydrogen (secondary N) is 1. The highest BCUT2D eigenvalue weighted by Gasteiger charge is 1.98.